The largest absolute Gasteiger partial charge is 0.372 e. The number of thiazole rings is 1. The van der Waals surface area contributed by atoms with Gasteiger partial charge in [0.05, 0.1) is 5.69 Å². The molecule has 8 heteroatoms. The van der Waals surface area contributed by atoms with Crippen LogP contribution in [0.15, 0.2) is 10.5 Å². The monoisotopic (exact) mass is 327 g/mol. The maximum Gasteiger partial charge on any atom is 0.222 e. The van der Waals surface area contributed by atoms with E-state index in [2.05, 4.69) is 34.4 Å². The number of aromatic nitrogens is 4. The van der Waals surface area contributed by atoms with Crippen LogP contribution in [0.3, 0.4) is 0 Å². The summed E-state index contributed by atoms with van der Waals surface area (Å²) in [5.74, 6) is 1.21. The SMILES string of the molecule is CCOC(C)c1nc(CSc2nnc(N)n2C(C)C)cs1. The van der Waals surface area contributed by atoms with Crippen molar-refractivity contribution in [2.24, 2.45) is 0 Å². The topological polar surface area (TPSA) is 78.8 Å². The molecule has 0 aliphatic heterocycles. The van der Waals surface area contributed by atoms with E-state index >= 15 is 0 Å². The van der Waals surface area contributed by atoms with Crippen molar-refractivity contribution in [3.05, 3.63) is 16.1 Å². The first-order chi connectivity index (χ1) is 10.0. The number of nitrogens with two attached hydrogens (primary N) is 1. The Morgan fingerprint density at radius 3 is 2.81 bits per heavy atom. The van der Waals surface area contributed by atoms with Gasteiger partial charge in [-0.1, -0.05) is 11.8 Å². The van der Waals surface area contributed by atoms with Gasteiger partial charge in [0, 0.05) is 23.8 Å². The molecule has 0 aliphatic rings. The van der Waals surface area contributed by atoms with Crippen LogP contribution in [0.1, 0.15) is 50.5 Å². The second-order valence-electron chi connectivity index (χ2n) is 4.87. The van der Waals surface area contributed by atoms with Crippen molar-refractivity contribution < 1.29 is 4.74 Å². The van der Waals surface area contributed by atoms with Crippen molar-refractivity contribution in [2.45, 2.75) is 50.8 Å². The first kappa shape index (κ1) is 16.3. The zero-order valence-corrected chi connectivity index (χ0v) is 14.4. The van der Waals surface area contributed by atoms with E-state index in [0.29, 0.717) is 12.6 Å². The molecule has 6 nitrogen and oxygen atoms in total. The third-order valence-electron chi connectivity index (χ3n) is 2.89. The van der Waals surface area contributed by atoms with Crippen molar-refractivity contribution in [3.8, 4) is 0 Å². The standard InChI is InChI=1S/C13H21N5OS2/c1-5-19-9(4)11-15-10(6-20-11)7-21-13-17-16-12(14)18(13)8(2)3/h6,8-9H,5,7H2,1-4H3,(H2,14,16). The van der Waals surface area contributed by atoms with Crippen LogP contribution in [0.2, 0.25) is 0 Å². The van der Waals surface area contributed by atoms with Crippen molar-refractivity contribution >= 4 is 29.0 Å². The number of nitrogens with zero attached hydrogens (tertiary/aromatic N) is 4. The molecule has 0 spiro atoms. The quantitative estimate of drug-likeness (QED) is 0.786. The highest BCUT2D eigenvalue weighted by Crippen LogP contribution is 2.28. The molecule has 116 valence electrons. The van der Waals surface area contributed by atoms with Gasteiger partial charge in [-0.3, -0.25) is 4.57 Å². The Hall–Kier alpha value is -1.12. The molecule has 0 amide bonds. The molecule has 2 heterocycles. The summed E-state index contributed by atoms with van der Waals surface area (Å²) in [6.07, 6.45) is 0.0497. The van der Waals surface area contributed by atoms with E-state index in [1.54, 1.807) is 23.1 Å². The first-order valence-electron chi connectivity index (χ1n) is 6.92. The molecule has 21 heavy (non-hydrogen) atoms. The summed E-state index contributed by atoms with van der Waals surface area (Å²) in [4.78, 5) is 4.61. The van der Waals surface area contributed by atoms with Crippen LogP contribution in [0.25, 0.3) is 0 Å². The van der Waals surface area contributed by atoms with Gasteiger partial charge in [0.15, 0.2) is 5.16 Å². The van der Waals surface area contributed by atoms with E-state index in [-0.39, 0.29) is 12.1 Å². The fourth-order valence-electron chi connectivity index (χ4n) is 1.91. The fourth-order valence-corrected chi connectivity index (χ4v) is 3.80. The summed E-state index contributed by atoms with van der Waals surface area (Å²) in [5.41, 5.74) is 6.87. The number of hydrogen-bond donors (Lipinski definition) is 1. The zero-order valence-electron chi connectivity index (χ0n) is 12.7. The lowest BCUT2D eigenvalue weighted by atomic mass is 10.4. The highest BCUT2D eigenvalue weighted by molar-refractivity contribution is 7.98. The molecule has 2 aromatic heterocycles. The molecule has 2 N–H and O–H groups in total. The Bertz CT molecular complexity index is 581. The third-order valence-corrected chi connectivity index (χ3v) is 4.92. The number of anilines is 1. The smallest absolute Gasteiger partial charge is 0.222 e. The molecule has 0 bridgehead atoms. The van der Waals surface area contributed by atoms with Crippen LogP contribution < -0.4 is 5.73 Å². The van der Waals surface area contributed by atoms with Gasteiger partial charge in [-0.25, -0.2) is 4.98 Å². The van der Waals surface area contributed by atoms with Crippen LogP contribution in [-0.4, -0.2) is 26.4 Å². The lowest BCUT2D eigenvalue weighted by Crippen LogP contribution is -2.07. The molecule has 1 atom stereocenters. The van der Waals surface area contributed by atoms with E-state index in [0.717, 1.165) is 21.6 Å². The molecule has 0 fully saturated rings. The number of thioether (sulfide) groups is 1. The minimum absolute atomic E-state index is 0.0497. The van der Waals surface area contributed by atoms with Crippen molar-refractivity contribution in [2.75, 3.05) is 12.3 Å². The summed E-state index contributed by atoms with van der Waals surface area (Å²) >= 11 is 3.23. The molecular weight excluding hydrogens is 306 g/mol. The minimum Gasteiger partial charge on any atom is -0.372 e. The van der Waals surface area contributed by atoms with E-state index in [4.69, 9.17) is 10.5 Å². The van der Waals surface area contributed by atoms with E-state index in [1.165, 1.54) is 0 Å². The van der Waals surface area contributed by atoms with Crippen LogP contribution in [0.4, 0.5) is 5.95 Å². The highest BCUT2D eigenvalue weighted by Gasteiger charge is 2.15. The summed E-state index contributed by atoms with van der Waals surface area (Å²) in [6, 6.07) is 0.242. The molecule has 0 radical (unpaired) electrons. The van der Waals surface area contributed by atoms with Gasteiger partial charge in [-0.2, -0.15) is 0 Å². The van der Waals surface area contributed by atoms with Gasteiger partial charge < -0.3 is 10.5 Å². The van der Waals surface area contributed by atoms with Gasteiger partial charge in [-0.05, 0) is 27.7 Å². The van der Waals surface area contributed by atoms with E-state index in [9.17, 15) is 0 Å². The Kier molecular flexibility index (Phi) is 5.60. The Balaban J connectivity index is 2.01. The highest BCUT2D eigenvalue weighted by atomic mass is 32.2. The second kappa shape index (κ2) is 7.24. The molecule has 2 rings (SSSR count). The first-order valence-corrected chi connectivity index (χ1v) is 8.78. The molecule has 0 aromatic carbocycles. The van der Waals surface area contributed by atoms with Gasteiger partial charge in [0.25, 0.3) is 0 Å². The predicted octanol–water partition coefficient (Wildman–Crippen LogP) is 3.29. The van der Waals surface area contributed by atoms with Gasteiger partial charge >= 0.3 is 0 Å². The lowest BCUT2D eigenvalue weighted by molar-refractivity contribution is 0.0761. The summed E-state index contributed by atoms with van der Waals surface area (Å²) in [5, 5.41) is 12.0. The maximum atomic E-state index is 5.83. The van der Waals surface area contributed by atoms with Crippen LogP contribution in [0, 0.1) is 0 Å². The third kappa shape index (κ3) is 3.96. The Labute approximate surface area is 133 Å². The van der Waals surface area contributed by atoms with E-state index < -0.39 is 0 Å². The van der Waals surface area contributed by atoms with Crippen molar-refractivity contribution in [3.63, 3.8) is 0 Å². The summed E-state index contributed by atoms with van der Waals surface area (Å²) < 4.78 is 7.49. The average molecular weight is 327 g/mol. The molecule has 2 aromatic rings. The van der Waals surface area contributed by atoms with Crippen molar-refractivity contribution in [1.82, 2.24) is 19.7 Å². The molecular formula is C13H21N5OS2. The van der Waals surface area contributed by atoms with Gasteiger partial charge in [0.2, 0.25) is 5.95 Å². The number of nitrogen functional groups attached to an aromatic ring is 1. The number of ether oxygens (including phenoxy) is 1. The zero-order chi connectivity index (χ0) is 15.4. The molecule has 0 aliphatic carbocycles. The fraction of sp³-hybridized carbons (Fsp3) is 0.615. The maximum absolute atomic E-state index is 5.83. The normalized spacial score (nSPS) is 13.0. The molecule has 1 unspecified atom stereocenters. The summed E-state index contributed by atoms with van der Waals surface area (Å²) in [6.45, 7) is 8.84. The van der Waals surface area contributed by atoms with Gasteiger partial charge in [0.1, 0.15) is 11.1 Å². The van der Waals surface area contributed by atoms with Crippen LogP contribution >= 0.6 is 23.1 Å². The molecule has 0 saturated heterocycles. The predicted molar refractivity (Wildman–Crippen MR) is 86.5 cm³/mol. The van der Waals surface area contributed by atoms with E-state index in [1.807, 2.05) is 18.4 Å². The van der Waals surface area contributed by atoms with Gasteiger partial charge in [-0.15, -0.1) is 21.5 Å². The van der Waals surface area contributed by atoms with Crippen molar-refractivity contribution in [1.29, 1.82) is 0 Å². The molecule has 0 saturated carbocycles. The average Bonchev–Trinajstić information content (AvgIpc) is 3.03. The minimum atomic E-state index is 0.0497. The Morgan fingerprint density at radius 2 is 2.14 bits per heavy atom. The van der Waals surface area contributed by atoms with Crippen LogP contribution in [-0.2, 0) is 10.5 Å². The second-order valence-corrected chi connectivity index (χ2v) is 6.70. The number of rotatable bonds is 7. The van der Waals surface area contributed by atoms with Crippen LogP contribution in [0.5, 0.6) is 0 Å². The lowest BCUT2D eigenvalue weighted by Gasteiger charge is -2.10. The Morgan fingerprint density at radius 1 is 1.38 bits per heavy atom. The summed E-state index contributed by atoms with van der Waals surface area (Å²) in [7, 11) is 0. The number of hydrogen-bond acceptors (Lipinski definition) is 7.